The van der Waals surface area contributed by atoms with E-state index in [1.807, 2.05) is 37.4 Å². The van der Waals surface area contributed by atoms with E-state index in [9.17, 15) is 4.79 Å². The number of primary amides is 1. The summed E-state index contributed by atoms with van der Waals surface area (Å²) in [5.41, 5.74) is 8.87. The Morgan fingerprint density at radius 1 is 1.29 bits per heavy atom. The van der Waals surface area contributed by atoms with Gasteiger partial charge in [0.1, 0.15) is 11.3 Å². The van der Waals surface area contributed by atoms with E-state index in [2.05, 4.69) is 10.3 Å². The normalized spacial score (nSPS) is 12.8. The molecule has 1 aliphatic carbocycles. The summed E-state index contributed by atoms with van der Waals surface area (Å²) in [5, 5.41) is 3.04. The second kappa shape index (κ2) is 5.44. The number of nitrogens with zero attached hydrogens (tertiary/aromatic N) is 1. The van der Waals surface area contributed by atoms with Gasteiger partial charge in [-0.05, 0) is 55.2 Å². The highest BCUT2D eigenvalue weighted by Gasteiger charge is 2.20. The molecule has 0 aliphatic heterocycles. The maximum atomic E-state index is 11.6. The Hall–Kier alpha value is -2.56. The molecule has 0 radical (unpaired) electrons. The van der Waals surface area contributed by atoms with E-state index in [-0.39, 0.29) is 0 Å². The van der Waals surface area contributed by atoms with Gasteiger partial charge in [-0.25, -0.2) is 4.98 Å². The molecule has 0 saturated heterocycles. The number of hydrogen-bond acceptors (Lipinski definition) is 4. The number of pyridine rings is 1. The van der Waals surface area contributed by atoms with Gasteiger partial charge >= 0.3 is 0 Å². The van der Waals surface area contributed by atoms with Crippen LogP contribution in [-0.4, -0.2) is 17.9 Å². The molecule has 0 unspecified atom stereocenters. The third-order valence-corrected chi connectivity index (χ3v) is 3.64. The molecule has 5 heteroatoms. The van der Waals surface area contributed by atoms with E-state index in [0.29, 0.717) is 17.2 Å². The first kappa shape index (κ1) is 13.4. The van der Waals surface area contributed by atoms with Crippen LogP contribution in [0.4, 0.5) is 5.69 Å². The van der Waals surface area contributed by atoms with Crippen molar-refractivity contribution in [1.29, 1.82) is 0 Å². The fraction of sp³-hybridized carbons (Fsp3) is 0.250. The Morgan fingerprint density at radius 3 is 2.71 bits per heavy atom. The molecule has 108 valence electrons. The van der Waals surface area contributed by atoms with Gasteiger partial charge in [-0.15, -0.1) is 0 Å². The van der Waals surface area contributed by atoms with Gasteiger partial charge in [-0.2, -0.15) is 0 Å². The van der Waals surface area contributed by atoms with Gasteiger partial charge in [0, 0.05) is 18.4 Å². The molecule has 1 aliphatic rings. The van der Waals surface area contributed by atoms with Crippen LogP contribution in [-0.2, 0) is 12.8 Å². The van der Waals surface area contributed by atoms with Crippen LogP contribution in [0.1, 0.15) is 28.0 Å². The summed E-state index contributed by atoms with van der Waals surface area (Å²) < 4.78 is 5.76. The Morgan fingerprint density at radius 2 is 2.05 bits per heavy atom. The van der Waals surface area contributed by atoms with Gasteiger partial charge < -0.3 is 15.8 Å². The number of carbonyl (C=O) groups excluding carboxylic acids is 1. The van der Waals surface area contributed by atoms with Crippen molar-refractivity contribution in [2.24, 2.45) is 5.73 Å². The second-order valence-corrected chi connectivity index (χ2v) is 5.04. The van der Waals surface area contributed by atoms with Crippen LogP contribution >= 0.6 is 0 Å². The Balaban J connectivity index is 1.94. The van der Waals surface area contributed by atoms with Gasteiger partial charge in [0.05, 0.1) is 0 Å². The summed E-state index contributed by atoms with van der Waals surface area (Å²) >= 11 is 0. The van der Waals surface area contributed by atoms with Gasteiger partial charge in [0.25, 0.3) is 5.91 Å². The molecular formula is C16H17N3O2. The Labute approximate surface area is 123 Å². The third kappa shape index (κ3) is 2.67. The number of amides is 1. The van der Waals surface area contributed by atoms with E-state index in [0.717, 1.165) is 36.2 Å². The van der Waals surface area contributed by atoms with Crippen LogP contribution < -0.4 is 15.8 Å². The number of carbonyl (C=O) groups is 1. The molecule has 2 aromatic rings. The van der Waals surface area contributed by atoms with Crippen molar-refractivity contribution in [3.05, 3.63) is 47.2 Å². The zero-order valence-corrected chi connectivity index (χ0v) is 11.8. The summed E-state index contributed by atoms with van der Waals surface area (Å²) in [5.74, 6) is 0.404. The van der Waals surface area contributed by atoms with Crippen molar-refractivity contribution < 1.29 is 9.53 Å². The molecule has 21 heavy (non-hydrogen) atoms. The quantitative estimate of drug-likeness (QED) is 0.903. The maximum Gasteiger partial charge on any atom is 0.254 e. The van der Waals surface area contributed by atoms with E-state index < -0.39 is 5.91 Å². The average Bonchev–Trinajstić information content (AvgIpc) is 2.94. The molecule has 0 spiro atoms. The van der Waals surface area contributed by atoms with Crippen LogP contribution in [0.5, 0.6) is 11.6 Å². The maximum absolute atomic E-state index is 11.6. The standard InChI is InChI=1S/C16H17N3O2/c1-18-11-5-7-12(8-6-11)21-16-13(15(17)20)9-10-3-2-4-14(10)19-16/h5-9,18H,2-4H2,1H3,(H2,17,20). The predicted octanol–water partition coefficient (Wildman–Crippen LogP) is 2.50. The van der Waals surface area contributed by atoms with E-state index >= 15 is 0 Å². The number of aryl methyl sites for hydroxylation is 2. The minimum Gasteiger partial charge on any atom is -0.438 e. The number of rotatable bonds is 4. The van der Waals surface area contributed by atoms with Crippen LogP contribution in [0, 0.1) is 0 Å². The highest BCUT2D eigenvalue weighted by Crippen LogP contribution is 2.29. The number of fused-ring (bicyclic) bond motifs is 1. The highest BCUT2D eigenvalue weighted by molar-refractivity contribution is 5.95. The lowest BCUT2D eigenvalue weighted by atomic mass is 10.1. The van der Waals surface area contributed by atoms with E-state index in [1.165, 1.54) is 0 Å². The van der Waals surface area contributed by atoms with Gasteiger partial charge in [-0.1, -0.05) is 0 Å². The zero-order chi connectivity index (χ0) is 14.8. The molecule has 5 nitrogen and oxygen atoms in total. The first-order chi connectivity index (χ1) is 10.2. The average molecular weight is 283 g/mol. The van der Waals surface area contributed by atoms with E-state index in [4.69, 9.17) is 10.5 Å². The zero-order valence-electron chi connectivity index (χ0n) is 11.8. The smallest absolute Gasteiger partial charge is 0.254 e. The minimum atomic E-state index is -0.515. The van der Waals surface area contributed by atoms with Crippen LogP contribution in [0.3, 0.4) is 0 Å². The number of hydrogen-bond donors (Lipinski definition) is 2. The number of ether oxygens (including phenoxy) is 1. The number of nitrogens with two attached hydrogens (primary N) is 1. The van der Waals surface area contributed by atoms with Gasteiger partial charge in [-0.3, -0.25) is 4.79 Å². The summed E-state index contributed by atoms with van der Waals surface area (Å²) in [6.45, 7) is 0. The fourth-order valence-corrected chi connectivity index (χ4v) is 2.51. The van der Waals surface area contributed by atoms with Crippen molar-refractivity contribution >= 4 is 11.6 Å². The molecule has 1 aromatic heterocycles. The monoisotopic (exact) mass is 283 g/mol. The molecule has 1 heterocycles. The third-order valence-electron chi connectivity index (χ3n) is 3.64. The lowest BCUT2D eigenvalue weighted by Gasteiger charge is -2.11. The first-order valence-electron chi connectivity index (χ1n) is 6.95. The van der Waals surface area contributed by atoms with Crippen molar-refractivity contribution in [3.63, 3.8) is 0 Å². The highest BCUT2D eigenvalue weighted by atomic mass is 16.5. The number of benzene rings is 1. The van der Waals surface area contributed by atoms with Crippen LogP contribution in [0.2, 0.25) is 0 Å². The van der Waals surface area contributed by atoms with Crippen molar-refractivity contribution in [3.8, 4) is 11.6 Å². The fourth-order valence-electron chi connectivity index (χ4n) is 2.51. The second-order valence-electron chi connectivity index (χ2n) is 5.04. The SMILES string of the molecule is CNc1ccc(Oc2nc3c(cc2C(N)=O)CCC3)cc1. The molecule has 1 amide bonds. The van der Waals surface area contributed by atoms with Crippen molar-refractivity contribution in [2.75, 3.05) is 12.4 Å². The lowest BCUT2D eigenvalue weighted by molar-refractivity contribution is 0.0997. The van der Waals surface area contributed by atoms with Crippen LogP contribution in [0.15, 0.2) is 30.3 Å². The Kier molecular flexibility index (Phi) is 3.48. The predicted molar refractivity (Wildman–Crippen MR) is 80.8 cm³/mol. The minimum absolute atomic E-state index is 0.292. The number of anilines is 1. The molecule has 1 aromatic carbocycles. The largest absolute Gasteiger partial charge is 0.438 e. The molecule has 0 fully saturated rings. The molecule has 0 atom stereocenters. The van der Waals surface area contributed by atoms with Crippen molar-refractivity contribution in [2.45, 2.75) is 19.3 Å². The summed E-state index contributed by atoms with van der Waals surface area (Å²) in [6.07, 6.45) is 2.92. The van der Waals surface area contributed by atoms with Crippen LogP contribution in [0.25, 0.3) is 0 Å². The number of nitrogens with one attached hydrogen (secondary N) is 1. The summed E-state index contributed by atoms with van der Waals surface area (Å²) in [6, 6.07) is 9.26. The lowest BCUT2D eigenvalue weighted by Crippen LogP contribution is -2.14. The number of aromatic nitrogens is 1. The molecule has 3 rings (SSSR count). The van der Waals surface area contributed by atoms with Gasteiger partial charge in [0.2, 0.25) is 5.88 Å². The summed E-state index contributed by atoms with van der Waals surface area (Å²) in [4.78, 5) is 16.1. The molecule has 0 saturated carbocycles. The van der Waals surface area contributed by atoms with E-state index in [1.54, 1.807) is 0 Å². The molecule has 0 bridgehead atoms. The molecule has 3 N–H and O–H groups in total. The summed E-state index contributed by atoms with van der Waals surface area (Å²) in [7, 11) is 1.85. The molecular weight excluding hydrogens is 266 g/mol. The van der Waals surface area contributed by atoms with Crippen molar-refractivity contribution in [1.82, 2.24) is 4.98 Å². The topological polar surface area (TPSA) is 77.2 Å². The first-order valence-corrected chi connectivity index (χ1v) is 6.95. The Bertz CT molecular complexity index is 681. The van der Waals surface area contributed by atoms with Gasteiger partial charge in [0.15, 0.2) is 0 Å².